The first-order valence-corrected chi connectivity index (χ1v) is 10.6. The van der Waals surface area contributed by atoms with Gasteiger partial charge in [0.2, 0.25) is 0 Å². The summed E-state index contributed by atoms with van der Waals surface area (Å²) < 4.78 is 10.9. The van der Waals surface area contributed by atoms with E-state index in [4.69, 9.17) is 9.47 Å². The van der Waals surface area contributed by atoms with Crippen LogP contribution in [0.15, 0.2) is 42.5 Å². The van der Waals surface area contributed by atoms with E-state index in [2.05, 4.69) is 25.2 Å². The molecule has 0 aromatic heterocycles. The van der Waals surface area contributed by atoms with Crippen LogP contribution in [0.1, 0.15) is 37.8 Å². The number of benzene rings is 2. The maximum absolute atomic E-state index is 13.2. The summed E-state index contributed by atoms with van der Waals surface area (Å²) in [6.45, 7) is 4.65. The van der Waals surface area contributed by atoms with Gasteiger partial charge in [-0.1, -0.05) is 38.1 Å². The van der Waals surface area contributed by atoms with Crippen molar-refractivity contribution in [3.8, 4) is 0 Å². The van der Waals surface area contributed by atoms with E-state index in [1.165, 1.54) is 0 Å². The molecule has 0 unspecified atom stereocenters. The summed E-state index contributed by atoms with van der Waals surface area (Å²) in [5.74, 6) is 0.235. The zero-order valence-electron chi connectivity index (χ0n) is 17.5. The first-order valence-electron chi connectivity index (χ1n) is 10.6. The SMILES string of the molecule is CC(C)COCC(=O)N1c2ccccc2CCc2ccc(NC(=O)OC3CC3)cc21. The largest absolute Gasteiger partial charge is 0.446 e. The van der Waals surface area contributed by atoms with Crippen LogP contribution in [0.4, 0.5) is 21.9 Å². The van der Waals surface area contributed by atoms with Gasteiger partial charge >= 0.3 is 6.09 Å². The minimum atomic E-state index is -0.454. The lowest BCUT2D eigenvalue weighted by molar-refractivity contribution is -0.122. The van der Waals surface area contributed by atoms with Crippen LogP contribution in [-0.2, 0) is 27.1 Å². The summed E-state index contributed by atoms with van der Waals surface area (Å²) in [6.07, 6.45) is 3.09. The normalized spacial score (nSPS) is 15.2. The quantitative estimate of drug-likeness (QED) is 0.743. The van der Waals surface area contributed by atoms with Gasteiger partial charge in [0.15, 0.2) is 0 Å². The number of amides is 2. The van der Waals surface area contributed by atoms with Crippen LogP contribution >= 0.6 is 0 Å². The predicted molar refractivity (Wildman–Crippen MR) is 116 cm³/mol. The Morgan fingerprint density at radius 2 is 1.80 bits per heavy atom. The van der Waals surface area contributed by atoms with Gasteiger partial charge in [0, 0.05) is 12.3 Å². The van der Waals surface area contributed by atoms with Crippen LogP contribution < -0.4 is 10.2 Å². The Morgan fingerprint density at radius 1 is 1.07 bits per heavy atom. The zero-order valence-corrected chi connectivity index (χ0v) is 17.5. The number of hydrogen-bond donors (Lipinski definition) is 1. The van der Waals surface area contributed by atoms with Crippen molar-refractivity contribution in [2.75, 3.05) is 23.4 Å². The van der Waals surface area contributed by atoms with E-state index in [0.717, 1.165) is 48.2 Å². The van der Waals surface area contributed by atoms with Crippen LogP contribution in [0.2, 0.25) is 0 Å². The van der Waals surface area contributed by atoms with Crippen molar-refractivity contribution in [2.24, 2.45) is 5.92 Å². The number of anilines is 3. The average molecular weight is 408 g/mol. The van der Waals surface area contributed by atoms with Gasteiger partial charge in [-0.3, -0.25) is 15.0 Å². The summed E-state index contributed by atoms with van der Waals surface area (Å²) in [4.78, 5) is 27.0. The third-order valence-corrected chi connectivity index (χ3v) is 5.19. The van der Waals surface area contributed by atoms with Crippen LogP contribution in [-0.4, -0.2) is 31.3 Å². The number of fused-ring (bicyclic) bond motifs is 2. The molecule has 1 saturated carbocycles. The Labute approximate surface area is 177 Å². The fourth-order valence-corrected chi connectivity index (χ4v) is 3.60. The van der Waals surface area contributed by atoms with Gasteiger partial charge in [-0.25, -0.2) is 4.79 Å². The first kappa shape index (κ1) is 20.4. The third-order valence-electron chi connectivity index (χ3n) is 5.19. The number of nitrogens with zero attached hydrogens (tertiary/aromatic N) is 1. The number of rotatable bonds is 6. The molecule has 6 heteroatoms. The molecule has 0 saturated heterocycles. The maximum Gasteiger partial charge on any atom is 0.411 e. The Kier molecular flexibility index (Phi) is 6.04. The topological polar surface area (TPSA) is 67.9 Å². The molecule has 6 nitrogen and oxygen atoms in total. The molecule has 1 aliphatic heterocycles. The highest BCUT2D eigenvalue weighted by atomic mass is 16.6. The standard InChI is InChI=1S/C24H28N2O4/c1-16(2)14-29-15-23(27)26-21-6-4-3-5-17(21)7-8-18-9-10-19(13-22(18)26)25-24(28)30-20-11-12-20/h3-6,9-10,13,16,20H,7-8,11-12,14-15H2,1-2H3,(H,25,28). The molecule has 0 spiro atoms. The zero-order chi connectivity index (χ0) is 21.1. The van der Waals surface area contributed by atoms with E-state index in [0.29, 0.717) is 18.2 Å². The number of nitrogens with one attached hydrogen (secondary N) is 1. The highest BCUT2D eigenvalue weighted by Gasteiger charge is 2.28. The maximum atomic E-state index is 13.2. The smallest absolute Gasteiger partial charge is 0.411 e. The summed E-state index contributed by atoms with van der Waals surface area (Å²) in [7, 11) is 0. The molecular weight excluding hydrogens is 380 g/mol. The summed E-state index contributed by atoms with van der Waals surface area (Å²) in [6, 6.07) is 13.6. The van der Waals surface area contributed by atoms with Crippen LogP contribution in [0.3, 0.4) is 0 Å². The fraction of sp³-hybridized carbons (Fsp3) is 0.417. The second-order valence-corrected chi connectivity index (χ2v) is 8.34. The summed E-state index contributed by atoms with van der Waals surface area (Å²) >= 11 is 0. The van der Waals surface area contributed by atoms with Crippen molar-refractivity contribution in [3.63, 3.8) is 0 Å². The first-order chi connectivity index (χ1) is 14.5. The molecular formula is C24H28N2O4. The number of aryl methyl sites for hydroxylation is 2. The van der Waals surface area contributed by atoms with Crippen LogP contribution in [0.5, 0.6) is 0 Å². The lowest BCUT2D eigenvalue weighted by Crippen LogP contribution is -2.31. The third kappa shape index (κ3) is 4.82. The summed E-state index contributed by atoms with van der Waals surface area (Å²) in [5.41, 5.74) is 4.44. The number of para-hydroxylation sites is 1. The Bertz CT molecular complexity index is 937. The second kappa shape index (κ2) is 8.88. The van der Waals surface area contributed by atoms with Gasteiger partial charge in [0.25, 0.3) is 5.91 Å². The molecule has 158 valence electrons. The molecule has 2 amide bonds. The molecule has 1 N–H and O–H groups in total. The van der Waals surface area contributed by atoms with Gasteiger partial charge in [-0.05, 0) is 60.9 Å². The molecule has 0 bridgehead atoms. The van der Waals surface area contributed by atoms with E-state index in [9.17, 15) is 9.59 Å². The Morgan fingerprint density at radius 3 is 2.53 bits per heavy atom. The molecule has 2 aliphatic rings. The average Bonchev–Trinajstić information content (AvgIpc) is 3.53. The van der Waals surface area contributed by atoms with E-state index >= 15 is 0 Å². The van der Waals surface area contributed by atoms with Crippen molar-refractivity contribution in [2.45, 2.75) is 45.6 Å². The van der Waals surface area contributed by atoms with Gasteiger partial charge in [0.1, 0.15) is 12.7 Å². The Hall–Kier alpha value is -2.86. The van der Waals surface area contributed by atoms with Crippen LogP contribution in [0, 0.1) is 5.92 Å². The number of carbonyl (C=O) groups is 2. The van der Waals surface area contributed by atoms with Crippen molar-refractivity contribution in [3.05, 3.63) is 53.6 Å². The van der Waals surface area contributed by atoms with E-state index < -0.39 is 6.09 Å². The lowest BCUT2D eigenvalue weighted by Gasteiger charge is -2.25. The van der Waals surface area contributed by atoms with Gasteiger partial charge in [-0.2, -0.15) is 0 Å². The molecule has 4 rings (SSSR count). The highest BCUT2D eigenvalue weighted by molar-refractivity contribution is 6.03. The number of ether oxygens (including phenoxy) is 2. The molecule has 1 aliphatic carbocycles. The van der Waals surface area contributed by atoms with Crippen LogP contribution in [0.25, 0.3) is 0 Å². The monoisotopic (exact) mass is 408 g/mol. The molecule has 0 radical (unpaired) electrons. The minimum Gasteiger partial charge on any atom is -0.446 e. The molecule has 1 fully saturated rings. The van der Waals surface area contributed by atoms with Crippen molar-refractivity contribution in [1.29, 1.82) is 0 Å². The fourth-order valence-electron chi connectivity index (χ4n) is 3.60. The molecule has 2 aromatic rings. The van der Waals surface area contributed by atoms with Crippen molar-refractivity contribution >= 4 is 29.1 Å². The highest BCUT2D eigenvalue weighted by Crippen LogP contribution is 2.38. The molecule has 30 heavy (non-hydrogen) atoms. The number of hydrogen-bond acceptors (Lipinski definition) is 4. The van der Waals surface area contributed by atoms with E-state index in [1.54, 1.807) is 4.90 Å². The van der Waals surface area contributed by atoms with Crippen molar-refractivity contribution in [1.82, 2.24) is 0 Å². The second-order valence-electron chi connectivity index (χ2n) is 8.34. The number of carbonyl (C=O) groups excluding carboxylic acids is 2. The molecule has 0 atom stereocenters. The van der Waals surface area contributed by atoms with E-state index in [-0.39, 0.29) is 18.6 Å². The van der Waals surface area contributed by atoms with E-state index in [1.807, 2.05) is 36.4 Å². The minimum absolute atomic E-state index is 0.00727. The van der Waals surface area contributed by atoms with Gasteiger partial charge in [0.05, 0.1) is 11.4 Å². The molecule has 1 heterocycles. The van der Waals surface area contributed by atoms with Gasteiger partial charge in [-0.15, -0.1) is 0 Å². The molecule has 2 aromatic carbocycles. The van der Waals surface area contributed by atoms with Crippen molar-refractivity contribution < 1.29 is 19.1 Å². The lowest BCUT2D eigenvalue weighted by atomic mass is 10.0. The summed E-state index contributed by atoms with van der Waals surface area (Å²) in [5, 5.41) is 2.79. The Balaban J connectivity index is 1.63. The predicted octanol–water partition coefficient (Wildman–Crippen LogP) is 4.83. The van der Waals surface area contributed by atoms with Gasteiger partial charge < -0.3 is 9.47 Å².